The quantitative estimate of drug-likeness (QED) is 0.191. The van der Waals surface area contributed by atoms with Gasteiger partial charge in [0, 0.05) is 17.9 Å². The van der Waals surface area contributed by atoms with Crippen molar-refractivity contribution in [2.45, 2.75) is 24.4 Å². The van der Waals surface area contributed by atoms with Crippen molar-refractivity contribution in [3.05, 3.63) is 65.4 Å². The molecule has 0 unspecified atom stereocenters. The van der Waals surface area contributed by atoms with E-state index in [1.165, 1.54) is 6.26 Å². The summed E-state index contributed by atoms with van der Waals surface area (Å²) in [4.78, 5) is 0. The van der Waals surface area contributed by atoms with Gasteiger partial charge in [0.1, 0.15) is 5.76 Å². The van der Waals surface area contributed by atoms with Crippen molar-refractivity contribution < 1.29 is 26.4 Å². The van der Waals surface area contributed by atoms with Crippen LogP contribution in [0.1, 0.15) is 11.3 Å². The minimum absolute atomic E-state index is 0.231. The van der Waals surface area contributed by atoms with E-state index in [1.54, 1.807) is 23.6 Å². The Kier molecular flexibility index (Phi) is 5.36. The second-order valence-electron chi connectivity index (χ2n) is 5.43. The van der Waals surface area contributed by atoms with E-state index < -0.39 is 40.4 Å². The maximum Gasteiger partial charge on any atom is 0.200 e. The van der Waals surface area contributed by atoms with Crippen LogP contribution in [0.25, 0.3) is 11.4 Å². The molecule has 0 aliphatic rings. The Morgan fingerprint density at radius 2 is 1.70 bits per heavy atom. The Morgan fingerprint density at radius 3 is 2.26 bits per heavy atom. The molecule has 0 saturated heterocycles. The van der Waals surface area contributed by atoms with Crippen molar-refractivity contribution >= 4 is 11.8 Å². The number of furan rings is 1. The van der Waals surface area contributed by atoms with Gasteiger partial charge >= 0.3 is 0 Å². The SMILES string of the molecule is C=CCn1c(SCc2c(F)c(F)c(F)c(F)c2F)nnc1-c1ccoc1C. The summed E-state index contributed by atoms with van der Waals surface area (Å²) >= 11 is 0.791. The van der Waals surface area contributed by atoms with Crippen LogP contribution in [0.3, 0.4) is 0 Å². The van der Waals surface area contributed by atoms with Crippen molar-refractivity contribution in [2.75, 3.05) is 0 Å². The first-order valence-electron chi connectivity index (χ1n) is 7.58. The summed E-state index contributed by atoms with van der Waals surface area (Å²) in [6.45, 7) is 5.63. The van der Waals surface area contributed by atoms with Crippen molar-refractivity contribution in [3.63, 3.8) is 0 Å². The summed E-state index contributed by atoms with van der Waals surface area (Å²) in [5.41, 5.74) is -0.266. The summed E-state index contributed by atoms with van der Waals surface area (Å²) in [5.74, 6) is -9.38. The highest BCUT2D eigenvalue weighted by molar-refractivity contribution is 7.98. The molecule has 10 heteroatoms. The Balaban J connectivity index is 1.95. The number of hydrogen-bond donors (Lipinski definition) is 0. The van der Waals surface area contributed by atoms with Crippen molar-refractivity contribution in [3.8, 4) is 11.4 Å². The highest BCUT2D eigenvalue weighted by atomic mass is 32.2. The monoisotopic (exact) mass is 401 g/mol. The third-order valence-corrected chi connectivity index (χ3v) is 4.77. The fourth-order valence-corrected chi connectivity index (χ4v) is 3.36. The van der Waals surface area contributed by atoms with Gasteiger partial charge in [0.05, 0.1) is 11.8 Å². The number of rotatable bonds is 6. The summed E-state index contributed by atoms with van der Waals surface area (Å²) < 4.78 is 74.3. The number of hydrogen-bond acceptors (Lipinski definition) is 4. The summed E-state index contributed by atoms with van der Waals surface area (Å²) in [5, 5.41) is 8.21. The lowest BCUT2D eigenvalue weighted by atomic mass is 10.2. The van der Waals surface area contributed by atoms with Crippen LogP contribution in [-0.2, 0) is 12.3 Å². The molecule has 0 atom stereocenters. The molecule has 27 heavy (non-hydrogen) atoms. The molecular formula is C17H12F5N3OS. The molecule has 3 aromatic rings. The molecule has 0 radical (unpaired) electrons. The van der Waals surface area contributed by atoms with Gasteiger partial charge in [0.15, 0.2) is 34.2 Å². The van der Waals surface area contributed by atoms with E-state index in [-0.39, 0.29) is 11.7 Å². The number of thioether (sulfide) groups is 1. The van der Waals surface area contributed by atoms with Crippen LogP contribution in [0.5, 0.6) is 0 Å². The van der Waals surface area contributed by atoms with E-state index in [4.69, 9.17) is 4.42 Å². The van der Waals surface area contributed by atoms with Gasteiger partial charge in [-0.25, -0.2) is 22.0 Å². The number of benzene rings is 1. The Bertz CT molecular complexity index is 985. The molecule has 0 saturated carbocycles. The molecule has 0 amide bonds. The zero-order valence-electron chi connectivity index (χ0n) is 13.9. The van der Waals surface area contributed by atoms with Crippen LogP contribution in [0, 0.1) is 36.0 Å². The number of aromatic nitrogens is 3. The van der Waals surface area contributed by atoms with Crippen molar-refractivity contribution in [2.24, 2.45) is 0 Å². The fraction of sp³-hybridized carbons (Fsp3) is 0.176. The summed E-state index contributed by atoms with van der Waals surface area (Å²) in [6.07, 6.45) is 3.03. The minimum Gasteiger partial charge on any atom is -0.469 e. The van der Waals surface area contributed by atoms with Gasteiger partial charge in [-0.2, -0.15) is 0 Å². The third kappa shape index (κ3) is 3.36. The first-order valence-corrected chi connectivity index (χ1v) is 8.57. The smallest absolute Gasteiger partial charge is 0.200 e. The van der Waals surface area contributed by atoms with Gasteiger partial charge in [-0.15, -0.1) is 16.8 Å². The first-order chi connectivity index (χ1) is 12.9. The highest BCUT2D eigenvalue weighted by Crippen LogP contribution is 2.31. The van der Waals surface area contributed by atoms with E-state index in [0.717, 1.165) is 11.8 Å². The molecule has 3 rings (SSSR count). The van der Waals surface area contributed by atoms with Gasteiger partial charge < -0.3 is 4.42 Å². The highest BCUT2D eigenvalue weighted by Gasteiger charge is 2.26. The van der Waals surface area contributed by atoms with Gasteiger partial charge in [0.2, 0.25) is 5.82 Å². The molecule has 4 nitrogen and oxygen atoms in total. The number of allylic oxidation sites excluding steroid dienone is 1. The van der Waals surface area contributed by atoms with Crippen LogP contribution < -0.4 is 0 Å². The predicted octanol–water partition coefficient (Wildman–Crippen LogP) is 5.02. The number of halogens is 5. The normalized spacial score (nSPS) is 11.2. The molecule has 0 spiro atoms. The molecule has 0 bridgehead atoms. The van der Waals surface area contributed by atoms with E-state index in [9.17, 15) is 22.0 Å². The second kappa shape index (κ2) is 7.55. The van der Waals surface area contributed by atoms with Gasteiger partial charge in [0.25, 0.3) is 0 Å². The molecule has 0 aliphatic carbocycles. The maximum absolute atomic E-state index is 13.8. The topological polar surface area (TPSA) is 43.9 Å². The van der Waals surface area contributed by atoms with Gasteiger partial charge in [-0.05, 0) is 13.0 Å². The molecule has 142 valence electrons. The summed E-state index contributed by atoms with van der Waals surface area (Å²) in [6, 6.07) is 1.68. The molecule has 1 aromatic carbocycles. The summed E-state index contributed by atoms with van der Waals surface area (Å²) in [7, 11) is 0. The first kappa shape index (κ1) is 19.2. The zero-order chi connectivity index (χ0) is 19.7. The van der Waals surface area contributed by atoms with Crippen LogP contribution >= 0.6 is 11.8 Å². The van der Waals surface area contributed by atoms with Crippen molar-refractivity contribution in [1.29, 1.82) is 0 Å². The van der Waals surface area contributed by atoms with E-state index in [2.05, 4.69) is 16.8 Å². The fourth-order valence-electron chi connectivity index (χ4n) is 2.42. The van der Waals surface area contributed by atoms with Crippen LogP contribution in [0.2, 0.25) is 0 Å². The average molecular weight is 401 g/mol. The molecule has 0 N–H and O–H groups in total. The van der Waals surface area contributed by atoms with Crippen LogP contribution in [0.4, 0.5) is 22.0 Å². The standard InChI is InChI=1S/C17H12F5N3OS/c1-3-5-25-16(9-4-6-26-8(9)2)23-24-17(25)27-7-10-11(18)13(20)15(22)14(21)12(10)19/h3-4,6H,1,5,7H2,2H3. The number of aryl methyl sites for hydroxylation is 1. The van der Waals surface area contributed by atoms with Gasteiger partial charge in [-0.3, -0.25) is 4.57 Å². The average Bonchev–Trinajstić information content (AvgIpc) is 3.24. The molecule has 2 aromatic heterocycles. The van der Waals surface area contributed by atoms with Crippen molar-refractivity contribution in [1.82, 2.24) is 14.8 Å². The molecular weight excluding hydrogens is 389 g/mol. The predicted molar refractivity (Wildman–Crippen MR) is 88.5 cm³/mol. The van der Waals surface area contributed by atoms with E-state index in [0.29, 0.717) is 17.1 Å². The molecule has 0 fully saturated rings. The Labute approximate surface area is 154 Å². The van der Waals surface area contributed by atoms with Gasteiger partial charge in [-0.1, -0.05) is 17.8 Å². The lowest BCUT2D eigenvalue weighted by Crippen LogP contribution is -2.07. The molecule has 2 heterocycles. The largest absolute Gasteiger partial charge is 0.469 e. The minimum atomic E-state index is -2.19. The lowest BCUT2D eigenvalue weighted by molar-refractivity contribution is 0.372. The maximum atomic E-state index is 13.8. The Morgan fingerprint density at radius 1 is 1.07 bits per heavy atom. The van der Waals surface area contributed by atoms with E-state index >= 15 is 0 Å². The zero-order valence-corrected chi connectivity index (χ0v) is 14.7. The number of nitrogens with zero attached hydrogens (tertiary/aromatic N) is 3. The van der Waals surface area contributed by atoms with E-state index in [1.807, 2.05) is 0 Å². The van der Waals surface area contributed by atoms with Crippen LogP contribution in [-0.4, -0.2) is 14.8 Å². The Hall–Kier alpha value is -2.62. The van der Waals surface area contributed by atoms with Crippen LogP contribution in [0.15, 0.2) is 34.6 Å². The lowest BCUT2D eigenvalue weighted by Gasteiger charge is -2.09. The molecule has 0 aliphatic heterocycles. The third-order valence-electron chi connectivity index (χ3n) is 3.77. The second-order valence-corrected chi connectivity index (χ2v) is 6.38.